The van der Waals surface area contributed by atoms with Crippen molar-refractivity contribution in [2.24, 2.45) is 4.99 Å². The van der Waals surface area contributed by atoms with Crippen molar-refractivity contribution in [1.29, 1.82) is 0 Å². The van der Waals surface area contributed by atoms with Crippen molar-refractivity contribution in [1.82, 2.24) is 14.7 Å². The molecule has 0 saturated carbocycles. The van der Waals surface area contributed by atoms with E-state index in [0.29, 0.717) is 62.3 Å². The Morgan fingerprint density at radius 2 is 1.76 bits per heavy atom. The molecule has 3 aliphatic rings. The Morgan fingerprint density at radius 1 is 0.971 bits per heavy atom. The molecule has 5 rings (SSSR count). The predicted molar refractivity (Wildman–Crippen MR) is 114 cm³/mol. The van der Waals surface area contributed by atoms with Crippen molar-refractivity contribution in [3.63, 3.8) is 0 Å². The molecule has 0 saturated heterocycles. The molecule has 0 aliphatic carbocycles. The number of aliphatic imine (C=N–C) groups is 1. The first-order valence-electron chi connectivity index (χ1n) is 10.9. The van der Waals surface area contributed by atoms with Crippen LogP contribution in [0.4, 0.5) is 22.0 Å². The molecule has 3 aliphatic heterocycles. The van der Waals surface area contributed by atoms with Gasteiger partial charge in [-0.3, -0.25) is 19.6 Å². The Kier molecular flexibility index (Phi) is 5.63. The molecule has 0 atom stereocenters. The molecule has 34 heavy (non-hydrogen) atoms. The van der Waals surface area contributed by atoms with Crippen molar-refractivity contribution in [2.45, 2.75) is 25.7 Å². The molecular weight excluding hydrogens is 455 g/mol. The number of rotatable bonds is 4. The summed E-state index contributed by atoms with van der Waals surface area (Å²) in [6.07, 6.45) is -4.20. The Labute approximate surface area is 192 Å². The highest BCUT2D eigenvalue weighted by molar-refractivity contribution is 6.09. The van der Waals surface area contributed by atoms with Gasteiger partial charge >= 0.3 is 6.18 Å². The lowest BCUT2D eigenvalue weighted by molar-refractivity contribution is -0.140. The quantitative estimate of drug-likeness (QED) is 0.623. The van der Waals surface area contributed by atoms with E-state index in [9.17, 15) is 26.7 Å². The van der Waals surface area contributed by atoms with Crippen molar-refractivity contribution < 1.29 is 26.7 Å². The molecule has 178 valence electrons. The van der Waals surface area contributed by atoms with Crippen LogP contribution in [0.2, 0.25) is 0 Å². The topological polar surface area (TPSA) is 39.2 Å². The lowest BCUT2D eigenvalue weighted by Gasteiger charge is -2.42. The van der Waals surface area contributed by atoms with Crippen molar-refractivity contribution in [3.05, 3.63) is 82.1 Å². The van der Waals surface area contributed by atoms with Gasteiger partial charge in [-0.25, -0.2) is 8.78 Å². The summed E-state index contributed by atoms with van der Waals surface area (Å²) in [5, 5.41) is 0. The molecule has 0 aromatic heterocycles. The molecule has 1 amide bonds. The Balaban J connectivity index is 1.40. The molecule has 2 aromatic carbocycles. The number of amides is 1. The molecular formula is C24H21F5N4O. The Morgan fingerprint density at radius 3 is 2.50 bits per heavy atom. The number of guanidine groups is 1. The number of nitrogens with zero attached hydrogens (tertiary/aromatic N) is 4. The summed E-state index contributed by atoms with van der Waals surface area (Å²) in [6, 6.07) is 9.16. The van der Waals surface area contributed by atoms with Gasteiger partial charge in [0.1, 0.15) is 11.6 Å². The van der Waals surface area contributed by atoms with E-state index in [2.05, 4.69) is 4.99 Å². The summed E-state index contributed by atoms with van der Waals surface area (Å²) < 4.78 is 67.0. The largest absolute Gasteiger partial charge is 0.419 e. The second kappa shape index (κ2) is 8.50. The third-order valence-corrected chi connectivity index (χ3v) is 6.32. The van der Waals surface area contributed by atoms with Gasteiger partial charge in [0.15, 0.2) is 0 Å². The van der Waals surface area contributed by atoms with E-state index in [1.54, 1.807) is 18.2 Å². The third-order valence-electron chi connectivity index (χ3n) is 6.32. The maximum absolute atomic E-state index is 14.1. The molecule has 0 unspecified atom stereocenters. The minimum Gasteiger partial charge on any atom is -0.314 e. The summed E-state index contributed by atoms with van der Waals surface area (Å²) in [6.45, 7) is 2.27. The highest BCUT2D eigenvalue weighted by Gasteiger charge is 2.41. The van der Waals surface area contributed by atoms with Gasteiger partial charge in [0.25, 0.3) is 5.91 Å². The van der Waals surface area contributed by atoms with Crippen LogP contribution in [0.25, 0.3) is 0 Å². The summed E-state index contributed by atoms with van der Waals surface area (Å²) in [5.74, 6) is -1.57. The summed E-state index contributed by atoms with van der Waals surface area (Å²) in [7, 11) is 0. The van der Waals surface area contributed by atoms with Crippen LogP contribution in [0.1, 0.15) is 23.1 Å². The fourth-order valence-corrected chi connectivity index (χ4v) is 4.69. The lowest BCUT2D eigenvalue weighted by atomic mass is 9.99. The van der Waals surface area contributed by atoms with Gasteiger partial charge in [-0.1, -0.05) is 24.3 Å². The average molecular weight is 476 g/mol. The molecule has 3 heterocycles. The fourth-order valence-electron chi connectivity index (χ4n) is 4.69. The first-order chi connectivity index (χ1) is 16.2. The number of carbonyl (C=O) groups is 1. The zero-order valence-corrected chi connectivity index (χ0v) is 18.1. The number of fused-ring (bicyclic) bond motifs is 2. The van der Waals surface area contributed by atoms with Crippen LogP contribution in [0.15, 0.2) is 58.7 Å². The number of hydrogen-bond acceptors (Lipinski definition) is 4. The van der Waals surface area contributed by atoms with Crippen LogP contribution in [-0.4, -0.2) is 52.7 Å². The standard InChI is InChI=1S/C24H21F5N4O/c25-19-4-2-1-3-16(19)13-31-9-7-21-17(14-31)22(34)33(23-30-8-10-32(21)23)12-15-5-6-18(20(26)11-15)24(27,28)29/h1-6,11H,7-10,12-14H2. The van der Waals surface area contributed by atoms with E-state index in [1.807, 2.05) is 9.80 Å². The highest BCUT2D eigenvalue weighted by Crippen LogP contribution is 2.34. The smallest absolute Gasteiger partial charge is 0.314 e. The number of carbonyl (C=O) groups excluding carboxylic acids is 1. The van der Waals surface area contributed by atoms with Crippen molar-refractivity contribution in [3.8, 4) is 0 Å². The summed E-state index contributed by atoms with van der Waals surface area (Å²) in [5.41, 5.74) is 0.852. The van der Waals surface area contributed by atoms with E-state index in [-0.39, 0.29) is 23.8 Å². The van der Waals surface area contributed by atoms with Gasteiger partial charge in [0.05, 0.1) is 24.2 Å². The van der Waals surface area contributed by atoms with Gasteiger partial charge in [-0.15, -0.1) is 0 Å². The first kappa shape index (κ1) is 22.5. The second-order valence-electron chi connectivity index (χ2n) is 8.51. The van der Waals surface area contributed by atoms with E-state index in [1.165, 1.54) is 17.0 Å². The van der Waals surface area contributed by atoms with E-state index < -0.39 is 17.6 Å². The zero-order chi connectivity index (χ0) is 24.0. The molecule has 0 N–H and O–H groups in total. The van der Waals surface area contributed by atoms with Gasteiger partial charge in [0, 0.05) is 43.9 Å². The first-order valence-corrected chi connectivity index (χ1v) is 10.9. The van der Waals surface area contributed by atoms with Crippen LogP contribution < -0.4 is 0 Å². The van der Waals surface area contributed by atoms with Crippen molar-refractivity contribution in [2.75, 3.05) is 26.2 Å². The minimum absolute atomic E-state index is 0.104. The molecule has 0 fully saturated rings. The molecule has 0 bridgehead atoms. The molecule has 0 radical (unpaired) electrons. The fraction of sp³-hybridized carbons (Fsp3) is 0.333. The number of hydrogen-bond donors (Lipinski definition) is 0. The molecule has 2 aromatic rings. The molecule has 0 spiro atoms. The maximum atomic E-state index is 14.1. The van der Waals surface area contributed by atoms with Gasteiger partial charge in [-0.05, 0) is 23.8 Å². The zero-order valence-electron chi connectivity index (χ0n) is 18.1. The van der Waals surface area contributed by atoms with Gasteiger partial charge < -0.3 is 4.90 Å². The molecule has 5 nitrogen and oxygen atoms in total. The maximum Gasteiger partial charge on any atom is 0.419 e. The number of alkyl halides is 3. The number of benzene rings is 2. The van der Waals surface area contributed by atoms with E-state index in [0.717, 1.165) is 11.8 Å². The number of halogens is 5. The van der Waals surface area contributed by atoms with E-state index in [4.69, 9.17) is 0 Å². The second-order valence-corrected chi connectivity index (χ2v) is 8.51. The van der Waals surface area contributed by atoms with E-state index >= 15 is 0 Å². The average Bonchev–Trinajstić information content (AvgIpc) is 3.27. The third kappa shape index (κ3) is 4.06. The SMILES string of the molecule is O=C1C2=C(CCN(Cc3ccccc3F)C2)N2CCN=C2N1Cc1ccc(C(F)(F)F)c(F)c1. The van der Waals surface area contributed by atoms with Crippen molar-refractivity contribution >= 4 is 11.9 Å². The summed E-state index contributed by atoms with van der Waals surface area (Å²) in [4.78, 5) is 23.2. The van der Waals surface area contributed by atoms with Gasteiger partial charge in [-0.2, -0.15) is 13.2 Å². The van der Waals surface area contributed by atoms with Crippen LogP contribution in [-0.2, 0) is 24.1 Å². The highest BCUT2D eigenvalue weighted by atomic mass is 19.4. The van der Waals surface area contributed by atoms with Crippen LogP contribution in [0.5, 0.6) is 0 Å². The lowest BCUT2D eigenvalue weighted by Crippen LogP contribution is -2.53. The molecule has 10 heteroatoms. The minimum atomic E-state index is -4.79. The summed E-state index contributed by atoms with van der Waals surface area (Å²) >= 11 is 0. The monoisotopic (exact) mass is 476 g/mol. The van der Waals surface area contributed by atoms with Crippen LogP contribution in [0, 0.1) is 11.6 Å². The van der Waals surface area contributed by atoms with Crippen LogP contribution in [0.3, 0.4) is 0 Å². The predicted octanol–water partition coefficient (Wildman–Crippen LogP) is 4.16. The van der Waals surface area contributed by atoms with Gasteiger partial charge in [0.2, 0.25) is 5.96 Å². The Bertz CT molecular complexity index is 1210. The normalized spacial score (nSPS) is 18.9. The Hall–Kier alpha value is -3.27. The van der Waals surface area contributed by atoms with Crippen LogP contribution >= 0.6 is 0 Å².